The van der Waals surface area contributed by atoms with Crippen LogP contribution in [0.3, 0.4) is 0 Å². The van der Waals surface area contributed by atoms with Crippen molar-refractivity contribution in [1.82, 2.24) is 5.32 Å². The quantitative estimate of drug-likeness (QED) is 0.366. The van der Waals surface area contributed by atoms with Gasteiger partial charge in [-0.25, -0.2) is 0 Å². The summed E-state index contributed by atoms with van der Waals surface area (Å²) in [6.07, 6.45) is 0. The van der Waals surface area contributed by atoms with E-state index >= 15 is 0 Å². The second kappa shape index (κ2) is 7.08. The summed E-state index contributed by atoms with van der Waals surface area (Å²) in [5, 5.41) is 5.75. The van der Waals surface area contributed by atoms with Crippen LogP contribution < -0.4 is 10.1 Å². The standard InChI is InChI=1S/C10H10F2N4O2/c11-10(12)18-8-3-1-7(2-4-8)9(17)14-5-6-15-16-13/h1-4,10H,5-6H2,(H,14,17). The number of hydrogen-bond donors (Lipinski definition) is 1. The third kappa shape index (κ3) is 4.67. The number of halogens is 2. The molecule has 0 saturated carbocycles. The van der Waals surface area contributed by atoms with Crippen LogP contribution in [0, 0.1) is 0 Å². The van der Waals surface area contributed by atoms with Gasteiger partial charge in [-0.05, 0) is 29.8 Å². The molecule has 1 rings (SSSR count). The number of carbonyl (C=O) groups is 1. The van der Waals surface area contributed by atoms with Crippen LogP contribution >= 0.6 is 0 Å². The third-order valence-corrected chi connectivity index (χ3v) is 1.90. The maximum atomic E-state index is 11.9. The summed E-state index contributed by atoms with van der Waals surface area (Å²) in [5.74, 6) is -0.401. The Bertz CT molecular complexity index is 444. The number of nitrogens with one attached hydrogen (secondary N) is 1. The van der Waals surface area contributed by atoms with Crippen LogP contribution in [0.4, 0.5) is 8.78 Å². The Morgan fingerprint density at radius 1 is 1.44 bits per heavy atom. The maximum Gasteiger partial charge on any atom is 0.387 e. The van der Waals surface area contributed by atoms with Gasteiger partial charge in [0.25, 0.3) is 5.91 Å². The van der Waals surface area contributed by atoms with E-state index in [-0.39, 0.29) is 24.7 Å². The number of ether oxygens (including phenoxy) is 1. The van der Waals surface area contributed by atoms with Gasteiger partial charge in [0.05, 0.1) is 0 Å². The van der Waals surface area contributed by atoms with Crippen LogP contribution in [-0.4, -0.2) is 25.6 Å². The smallest absolute Gasteiger partial charge is 0.387 e. The van der Waals surface area contributed by atoms with Gasteiger partial charge in [0.2, 0.25) is 0 Å². The summed E-state index contributed by atoms with van der Waals surface area (Å²) < 4.78 is 27.9. The van der Waals surface area contributed by atoms with Gasteiger partial charge in [0.1, 0.15) is 5.75 Å². The Balaban J connectivity index is 2.51. The van der Waals surface area contributed by atoms with Crippen LogP contribution in [0.5, 0.6) is 5.75 Å². The highest BCUT2D eigenvalue weighted by Crippen LogP contribution is 2.14. The molecule has 0 aromatic heterocycles. The van der Waals surface area contributed by atoms with E-state index in [0.717, 1.165) is 0 Å². The number of amides is 1. The molecule has 1 aromatic rings. The highest BCUT2D eigenvalue weighted by molar-refractivity contribution is 5.94. The Hall–Kier alpha value is -2.34. The summed E-state index contributed by atoms with van der Waals surface area (Å²) in [7, 11) is 0. The predicted molar refractivity (Wildman–Crippen MR) is 59.4 cm³/mol. The molecule has 1 amide bonds. The zero-order chi connectivity index (χ0) is 13.4. The molecule has 0 aliphatic rings. The van der Waals surface area contributed by atoms with E-state index < -0.39 is 6.61 Å². The summed E-state index contributed by atoms with van der Waals surface area (Å²) >= 11 is 0. The number of carbonyl (C=O) groups excluding carboxylic acids is 1. The summed E-state index contributed by atoms with van der Waals surface area (Å²) in [6, 6.07) is 5.27. The van der Waals surface area contributed by atoms with E-state index in [1.807, 2.05) is 0 Å². The van der Waals surface area contributed by atoms with Crippen LogP contribution in [0.2, 0.25) is 0 Å². The molecule has 8 heteroatoms. The molecule has 1 aromatic carbocycles. The van der Waals surface area contributed by atoms with E-state index in [2.05, 4.69) is 20.1 Å². The van der Waals surface area contributed by atoms with Gasteiger partial charge >= 0.3 is 6.61 Å². The fourth-order valence-electron chi connectivity index (χ4n) is 1.15. The van der Waals surface area contributed by atoms with Gasteiger partial charge in [-0.3, -0.25) is 4.79 Å². The first-order valence-corrected chi connectivity index (χ1v) is 4.97. The van der Waals surface area contributed by atoms with Crippen molar-refractivity contribution < 1.29 is 18.3 Å². The number of hydrogen-bond acceptors (Lipinski definition) is 3. The molecule has 18 heavy (non-hydrogen) atoms. The number of alkyl halides is 2. The molecule has 1 N–H and O–H groups in total. The first-order valence-electron chi connectivity index (χ1n) is 4.97. The molecule has 0 saturated heterocycles. The second-order valence-electron chi connectivity index (χ2n) is 3.11. The minimum atomic E-state index is -2.89. The first-order chi connectivity index (χ1) is 8.63. The van der Waals surface area contributed by atoms with Crippen molar-refractivity contribution in [3.05, 3.63) is 40.3 Å². The monoisotopic (exact) mass is 256 g/mol. The topological polar surface area (TPSA) is 87.1 Å². The molecular formula is C10H10F2N4O2. The maximum absolute atomic E-state index is 11.9. The molecule has 0 spiro atoms. The minimum absolute atomic E-state index is 0.0179. The molecule has 0 atom stereocenters. The van der Waals surface area contributed by atoms with Crippen LogP contribution in [-0.2, 0) is 0 Å². The SMILES string of the molecule is [N-]=[N+]=NCCNC(=O)c1ccc(OC(F)F)cc1. The lowest BCUT2D eigenvalue weighted by Crippen LogP contribution is -2.25. The van der Waals surface area contributed by atoms with Crippen molar-refractivity contribution in [2.75, 3.05) is 13.1 Å². The van der Waals surface area contributed by atoms with Gasteiger partial charge in [0, 0.05) is 23.6 Å². The van der Waals surface area contributed by atoms with Gasteiger partial charge in [-0.1, -0.05) is 5.11 Å². The predicted octanol–water partition coefficient (Wildman–Crippen LogP) is 2.33. The second-order valence-corrected chi connectivity index (χ2v) is 3.11. The van der Waals surface area contributed by atoms with Crippen LogP contribution in [0.25, 0.3) is 10.4 Å². The molecule has 0 heterocycles. The van der Waals surface area contributed by atoms with E-state index in [0.29, 0.717) is 5.56 Å². The average molecular weight is 256 g/mol. The van der Waals surface area contributed by atoms with Gasteiger partial charge in [-0.15, -0.1) is 0 Å². The first kappa shape index (κ1) is 13.7. The number of nitrogens with zero attached hydrogens (tertiary/aromatic N) is 3. The fourth-order valence-corrected chi connectivity index (χ4v) is 1.15. The molecule has 0 fully saturated rings. The highest BCUT2D eigenvalue weighted by atomic mass is 19.3. The van der Waals surface area contributed by atoms with Crippen LogP contribution in [0.15, 0.2) is 29.4 Å². The zero-order valence-electron chi connectivity index (χ0n) is 9.22. The van der Waals surface area contributed by atoms with Gasteiger partial charge in [0.15, 0.2) is 0 Å². The van der Waals surface area contributed by atoms with E-state index in [1.54, 1.807) is 0 Å². The zero-order valence-corrected chi connectivity index (χ0v) is 9.22. The van der Waals surface area contributed by atoms with Crippen molar-refractivity contribution >= 4 is 5.91 Å². The average Bonchev–Trinajstić information content (AvgIpc) is 2.34. The van der Waals surface area contributed by atoms with Crippen molar-refractivity contribution in [3.63, 3.8) is 0 Å². The van der Waals surface area contributed by atoms with Crippen molar-refractivity contribution in [3.8, 4) is 5.75 Å². The molecule has 0 unspecified atom stereocenters. The summed E-state index contributed by atoms with van der Waals surface area (Å²) in [6.45, 7) is -2.54. The molecule has 6 nitrogen and oxygen atoms in total. The normalized spacial score (nSPS) is 9.72. The van der Waals surface area contributed by atoms with Gasteiger partial charge < -0.3 is 10.1 Å². The van der Waals surface area contributed by atoms with Crippen molar-refractivity contribution in [2.45, 2.75) is 6.61 Å². The Morgan fingerprint density at radius 2 is 2.11 bits per heavy atom. The van der Waals surface area contributed by atoms with E-state index in [4.69, 9.17) is 5.53 Å². The lowest BCUT2D eigenvalue weighted by atomic mass is 10.2. The molecule has 0 bridgehead atoms. The minimum Gasteiger partial charge on any atom is -0.435 e. The molecule has 0 radical (unpaired) electrons. The molecule has 0 aliphatic carbocycles. The van der Waals surface area contributed by atoms with Crippen molar-refractivity contribution in [2.24, 2.45) is 5.11 Å². The van der Waals surface area contributed by atoms with Gasteiger partial charge in [-0.2, -0.15) is 8.78 Å². The molecule has 0 aliphatic heterocycles. The number of rotatable bonds is 6. The lowest BCUT2D eigenvalue weighted by molar-refractivity contribution is -0.0498. The largest absolute Gasteiger partial charge is 0.435 e. The molecular weight excluding hydrogens is 246 g/mol. The highest BCUT2D eigenvalue weighted by Gasteiger charge is 2.07. The van der Waals surface area contributed by atoms with E-state index in [9.17, 15) is 13.6 Å². The fraction of sp³-hybridized carbons (Fsp3) is 0.300. The van der Waals surface area contributed by atoms with Crippen LogP contribution in [0.1, 0.15) is 10.4 Å². The summed E-state index contributed by atoms with van der Waals surface area (Å²) in [5.41, 5.74) is 8.32. The number of azide groups is 1. The Morgan fingerprint density at radius 3 is 2.67 bits per heavy atom. The lowest BCUT2D eigenvalue weighted by Gasteiger charge is -2.06. The van der Waals surface area contributed by atoms with E-state index in [1.165, 1.54) is 24.3 Å². The number of benzene rings is 1. The third-order valence-electron chi connectivity index (χ3n) is 1.90. The Labute approximate surface area is 101 Å². The summed E-state index contributed by atoms with van der Waals surface area (Å²) in [4.78, 5) is 14.0. The molecule has 96 valence electrons. The van der Waals surface area contributed by atoms with Crippen molar-refractivity contribution in [1.29, 1.82) is 0 Å². The Kier molecular flexibility index (Phi) is 5.40.